The molecule has 0 saturated heterocycles. The monoisotopic (exact) mass is 249 g/mol. The maximum absolute atomic E-state index is 5.64. The Morgan fingerprint density at radius 2 is 1.89 bits per heavy atom. The zero-order valence-electron chi connectivity index (χ0n) is 12.3. The van der Waals surface area contributed by atoms with Gasteiger partial charge in [-0.15, -0.1) is 0 Å². The molecule has 2 nitrogen and oxygen atoms in total. The molecule has 0 spiro atoms. The number of hydrogen-bond acceptors (Lipinski definition) is 2. The SMILES string of the molecule is CCCCOCc1cccc(CNC(C)(C)C)c1. The first kappa shape index (κ1) is 15.2. The van der Waals surface area contributed by atoms with E-state index in [1.165, 1.54) is 17.5 Å². The largest absolute Gasteiger partial charge is 0.377 e. The van der Waals surface area contributed by atoms with Crippen molar-refractivity contribution >= 4 is 0 Å². The first-order chi connectivity index (χ1) is 8.51. The lowest BCUT2D eigenvalue weighted by Crippen LogP contribution is -2.35. The van der Waals surface area contributed by atoms with E-state index >= 15 is 0 Å². The molecule has 1 rings (SSSR count). The molecule has 1 aromatic carbocycles. The Morgan fingerprint density at radius 3 is 2.56 bits per heavy atom. The molecule has 1 aromatic rings. The van der Waals surface area contributed by atoms with Crippen LogP contribution in [0.5, 0.6) is 0 Å². The lowest BCUT2D eigenvalue weighted by Gasteiger charge is -2.20. The minimum absolute atomic E-state index is 0.160. The smallest absolute Gasteiger partial charge is 0.0716 e. The maximum Gasteiger partial charge on any atom is 0.0716 e. The highest BCUT2D eigenvalue weighted by atomic mass is 16.5. The summed E-state index contributed by atoms with van der Waals surface area (Å²) < 4.78 is 5.64. The highest BCUT2D eigenvalue weighted by Gasteiger charge is 2.08. The lowest BCUT2D eigenvalue weighted by atomic mass is 10.1. The van der Waals surface area contributed by atoms with E-state index in [0.29, 0.717) is 0 Å². The zero-order chi connectivity index (χ0) is 13.4. The van der Waals surface area contributed by atoms with Crippen LogP contribution in [-0.2, 0) is 17.9 Å². The molecule has 0 unspecified atom stereocenters. The third-order valence-electron chi connectivity index (χ3n) is 2.73. The second-order valence-electron chi connectivity index (χ2n) is 5.83. The van der Waals surface area contributed by atoms with Gasteiger partial charge in [0.15, 0.2) is 0 Å². The number of unbranched alkanes of at least 4 members (excludes halogenated alkanes) is 1. The lowest BCUT2D eigenvalue weighted by molar-refractivity contribution is 0.118. The first-order valence-corrected chi connectivity index (χ1v) is 6.92. The first-order valence-electron chi connectivity index (χ1n) is 6.92. The minimum atomic E-state index is 0.160. The summed E-state index contributed by atoms with van der Waals surface area (Å²) in [6.07, 6.45) is 2.33. The van der Waals surface area contributed by atoms with Gasteiger partial charge < -0.3 is 10.1 Å². The number of benzene rings is 1. The van der Waals surface area contributed by atoms with Crippen LogP contribution in [0.4, 0.5) is 0 Å². The summed E-state index contributed by atoms with van der Waals surface area (Å²) in [5.41, 5.74) is 2.74. The van der Waals surface area contributed by atoms with Gasteiger partial charge >= 0.3 is 0 Å². The molecule has 0 aliphatic rings. The van der Waals surface area contributed by atoms with E-state index in [1.807, 2.05) is 0 Å². The summed E-state index contributed by atoms with van der Waals surface area (Å²) in [7, 11) is 0. The molecule has 0 bridgehead atoms. The van der Waals surface area contributed by atoms with Gasteiger partial charge in [0.25, 0.3) is 0 Å². The number of ether oxygens (including phenoxy) is 1. The van der Waals surface area contributed by atoms with Gasteiger partial charge in [-0.3, -0.25) is 0 Å². The van der Waals surface area contributed by atoms with E-state index < -0.39 is 0 Å². The van der Waals surface area contributed by atoms with E-state index in [1.54, 1.807) is 0 Å². The summed E-state index contributed by atoms with van der Waals surface area (Å²) in [6, 6.07) is 8.63. The van der Waals surface area contributed by atoms with Crippen molar-refractivity contribution in [2.45, 2.75) is 59.2 Å². The van der Waals surface area contributed by atoms with Crippen molar-refractivity contribution in [1.82, 2.24) is 5.32 Å². The van der Waals surface area contributed by atoms with Crippen molar-refractivity contribution < 1.29 is 4.74 Å². The van der Waals surface area contributed by atoms with Gasteiger partial charge in [-0.25, -0.2) is 0 Å². The van der Waals surface area contributed by atoms with E-state index in [9.17, 15) is 0 Å². The van der Waals surface area contributed by atoms with Crippen molar-refractivity contribution in [2.24, 2.45) is 0 Å². The van der Waals surface area contributed by atoms with E-state index in [-0.39, 0.29) is 5.54 Å². The van der Waals surface area contributed by atoms with Crippen LogP contribution in [0, 0.1) is 0 Å². The van der Waals surface area contributed by atoms with Crippen LogP contribution >= 0.6 is 0 Å². The fourth-order valence-electron chi connectivity index (χ4n) is 1.63. The highest BCUT2D eigenvalue weighted by Crippen LogP contribution is 2.09. The molecule has 0 atom stereocenters. The van der Waals surface area contributed by atoms with Crippen LogP contribution < -0.4 is 5.32 Å². The zero-order valence-corrected chi connectivity index (χ0v) is 12.3. The molecule has 0 aliphatic heterocycles. The summed E-state index contributed by atoms with van der Waals surface area (Å²) in [5.74, 6) is 0. The molecule has 1 N–H and O–H groups in total. The van der Waals surface area contributed by atoms with E-state index in [0.717, 1.165) is 26.2 Å². The summed E-state index contributed by atoms with van der Waals surface area (Å²) in [5, 5.41) is 3.50. The second-order valence-corrected chi connectivity index (χ2v) is 5.83. The van der Waals surface area contributed by atoms with Crippen molar-refractivity contribution in [3.8, 4) is 0 Å². The van der Waals surface area contributed by atoms with Gasteiger partial charge in [-0.1, -0.05) is 37.6 Å². The third-order valence-corrected chi connectivity index (χ3v) is 2.73. The Labute approximate surface area is 112 Å². The topological polar surface area (TPSA) is 21.3 Å². The molecular formula is C16H27NO. The van der Waals surface area contributed by atoms with Crippen LogP contribution in [0.3, 0.4) is 0 Å². The van der Waals surface area contributed by atoms with Crippen LogP contribution in [0.25, 0.3) is 0 Å². The standard InChI is InChI=1S/C16H27NO/c1-5-6-10-18-13-15-9-7-8-14(11-15)12-17-16(2,3)4/h7-9,11,17H,5-6,10,12-13H2,1-4H3. The van der Waals surface area contributed by atoms with Gasteiger partial charge in [0.05, 0.1) is 6.61 Å². The van der Waals surface area contributed by atoms with Crippen LogP contribution in [0.1, 0.15) is 51.7 Å². The average molecular weight is 249 g/mol. The van der Waals surface area contributed by atoms with Crippen LogP contribution in [0.2, 0.25) is 0 Å². The molecule has 18 heavy (non-hydrogen) atoms. The minimum Gasteiger partial charge on any atom is -0.377 e. The maximum atomic E-state index is 5.64. The Bertz CT molecular complexity index is 341. The Balaban J connectivity index is 2.41. The third kappa shape index (κ3) is 6.77. The van der Waals surface area contributed by atoms with Gasteiger partial charge in [0.2, 0.25) is 0 Å². The predicted octanol–water partition coefficient (Wildman–Crippen LogP) is 3.89. The van der Waals surface area contributed by atoms with Crippen LogP contribution in [-0.4, -0.2) is 12.1 Å². The fraction of sp³-hybridized carbons (Fsp3) is 0.625. The molecule has 102 valence electrons. The predicted molar refractivity (Wildman–Crippen MR) is 77.6 cm³/mol. The number of nitrogens with one attached hydrogen (secondary N) is 1. The summed E-state index contributed by atoms with van der Waals surface area (Å²) >= 11 is 0. The molecule has 0 radical (unpaired) electrons. The molecule has 0 amide bonds. The highest BCUT2D eigenvalue weighted by molar-refractivity contribution is 5.23. The van der Waals surface area contributed by atoms with Crippen molar-refractivity contribution in [3.05, 3.63) is 35.4 Å². The fourth-order valence-corrected chi connectivity index (χ4v) is 1.63. The normalized spacial score (nSPS) is 11.8. The Morgan fingerprint density at radius 1 is 1.17 bits per heavy atom. The molecular weight excluding hydrogens is 222 g/mol. The number of rotatable bonds is 7. The summed E-state index contributed by atoms with van der Waals surface area (Å²) in [6.45, 7) is 11.2. The molecule has 2 heteroatoms. The molecule has 0 saturated carbocycles. The van der Waals surface area contributed by atoms with Gasteiger partial charge in [-0.05, 0) is 38.3 Å². The number of hydrogen-bond donors (Lipinski definition) is 1. The van der Waals surface area contributed by atoms with Crippen molar-refractivity contribution in [1.29, 1.82) is 0 Å². The van der Waals surface area contributed by atoms with Crippen molar-refractivity contribution in [3.63, 3.8) is 0 Å². The average Bonchev–Trinajstić information content (AvgIpc) is 2.32. The summed E-state index contributed by atoms with van der Waals surface area (Å²) in [4.78, 5) is 0. The molecule has 0 aliphatic carbocycles. The Hall–Kier alpha value is -0.860. The van der Waals surface area contributed by atoms with Crippen LogP contribution in [0.15, 0.2) is 24.3 Å². The Kier molecular flexibility index (Phi) is 6.37. The van der Waals surface area contributed by atoms with E-state index in [4.69, 9.17) is 4.74 Å². The van der Waals surface area contributed by atoms with E-state index in [2.05, 4.69) is 57.3 Å². The molecule has 0 fully saturated rings. The van der Waals surface area contributed by atoms with Gasteiger partial charge in [0.1, 0.15) is 0 Å². The van der Waals surface area contributed by atoms with Gasteiger partial charge in [-0.2, -0.15) is 0 Å². The molecule has 0 aromatic heterocycles. The molecule has 0 heterocycles. The van der Waals surface area contributed by atoms with Gasteiger partial charge in [0, 0.05) is 18.7 Å². The quantitative estimate of drug-likeness (QED) is 0.740. The second kappa shape index (κ2) is 7.55. The van der Waals surface area contributed by atoms with Crippen molar-refractivity contribution in [2.75, 3.05) is 6.61 Å².